The van der Waals surface area contributed by atoms with Crippen LogP contribution in [0.2, 0.25) is 0 Å². The number of likely N-dealkylation sites (tertiary alicyclic amines) is 1. The number of rotatable bonds is 5. The molecule has 0 spiro atoms. The van der Waals surface area contributed by atoms with Gasteiger partial charge in [-0.05, 0) is 50.4 Å². The molecule has 18 heavy (non-hydrogen) atoms. The van der Waals surface area contributed by atoms with Crippen molar-refractivity contribution in [2.45, 2.75) is 25.7 Å². The molecule has 1 aromatic carbocycles. The maximum Gasteiger partial charge on any atom is 0.00187 e. The highest BCUT2D eigenvalue weighted by atomic mass is 15.1. The van der Waals surface area contributed by atoms with Crippen molar-refractivity contribution in [3.63, 3.8) is 0 Å². The molecule has 1 saturated heterocycles. The topological polar surface area (TPSA) is 15.3 Å². The first-order valence-corrected chi connectivity index (χ1v) is 7.20. The summed E-state index contributed by atoms with van der Waals surface area (Å²) in [5, 5.41) is 3.65. The highest BCUT2D eigenvalue weighted by Crippen LogP contribution is 2.16. The molecule has 0 radical (unpaired) electrons. The normalized spacial score (nSPS) is 22.9. The minimum absolute atomic E-state index is 0.604. The summed E-state index contributed by atoms with van der Waals surface area (Å²) in [6.07, 6.45) is 2.74. The third-order valence-corrected chi connectivity index (χ3v) is 3.97. The maximum atomic E-state index is 3.65. The van der Waals surface area contributed by atoms with E-state index in [0.29, 0.717) is 5.92 Å². The summed E-state index contributed by atoms with van der Waals surface area (Å²) in [7, 11) is 2.23. The number of nitrogens with one attached hydrogen (secondary N) is 1. The lowest BCUT2D eigenvalue weighted by Crippen LogP contribution is -2.38. The SMILES string of the molecule is C[C@H](CNC[C@H]1CCCN(C)C1)c1ccccc1. The van der Waals surface area contributed by atoms with E-state index in [1.807, 2.05) is 0 Å². The van der Waals surface area contributed by atoms with Gasteiger partial charge in [0.25, 0.3) is 0 Å². The van der Waals surface area contributed by atoms with Gasteiger partial charge in [0.1, 0.15) is 0 Å². The lowest BCUT2D eigenvalue weighted by atomic mass is 9.97. The van der Waals surface area contributed by atoms with Gasteiger partial charge in [0.05, 0.1) is 0 Å². The number of hydrogen-bond acceptors (Lipinski definition) is 2. The fourth-order valence-electron chi connectivity index (χ4n) is 2.84. The summed E-state index contributed by atoms with van der Waals surface area (Å²) >= 11 is 0. The van der Waals surface area contributed by atoms with E-state index in [2.05, 4.69) is 54.5 Å². The number of benzene rings is 1. The van der Waals surface area contributed by atoms with Crippen LogP contribution in [0.5, 0.6) is 0 Å². The molecule has 1 aromatic rings. The third kappa shape index (κ3) is 4.11. The summed E-state index contributed by atoms with van der Waals surface area (Å²) in [6, 6.07) is 10.8. The minimum Gasteiger partial charge on any atom is -0.316 e. The summed E-state index contributed by atoms with van der Waals surface area (Å²) in [5.41, 5.74) is 1.44. The molecule has 0 amide bonds. The van der Waals surface area contributed by atoms with Gasteiger partial charge in [-0.1, -0.05) is 37.3 Å². The fourth-order valence-corrected chi connectivity index (χ4v) is 2.84. The van der Waals surface area contributed by atoms with E-state index in [1.54, 1.807) is 0 Å². The van der Waals surface area contributed by atoms with Gasteiger partial charge < -0.3 is 10.2 Å². The van der Waals surface area contributed by atoms with Gasteiger partial charge in [-0.3, -0.25) is 0 Å². The van der Waals surface area contributed by atoms with Crippen molar-refractivity contribution in [2.75, 3.05) is 33.2 Å². The summed E-state index contributed by atoms with van der Waals surface area (Å²) in [4.78, 5) is 2.45. The number of hydrogen-bond donors (Lipinski definition) is 1. The van der Waals surface area contributed by atoms with Crippen LogP contribution in [0.3, 0.4) is 0 Å². The zero-order chi connectivity index (χ0) is 12.8. The molecule has 2 rings (SSSR count). The molecule has 0 saturated carbocycles. The van der Waals surface area contributed by atoms with Crippen LogP contribution in [0.4, 0.5) is 0 Å². The van der Waals surface area contributed by atoms with Crippen LogP contribution < -0.4 is 5.32 Å². The van der Waals surface area contributed by atoms with E-state index in [4.69, 9.17) is 0 Å². The first kappa shape index (κ1) is 13.6. The van der Waals surface area contributed by atoms with E-state index in [-0.39, 0.29) is 0 Å². The Morgan fingerprint density at radius 1 is 1.33 bits per heavy atom. The molecular weight excluding hydrogens is 220 g/mol. The molecule has 1 aliphatic heterocycles. The average molecular weight is 246 g/mol. The Morgan fingerprint density at radius 2 is 2.11 bits per heavy atom. The molecule has 2 heteroatoms. The average Bonchev–Trinajstić information content (AvgIpc) is 2.40. The molecule has 2 atom stereocenters. The Hall–Kier alpha value is -0.860. The van der Waals surface area contributed by atoms with Gasteiger partial charge >= 0.3 is 0 Å². The Morgan fingerprint density at radius 3 is 2.83 bits per heavy atom. The molecule has 1 heterocycles. The van der Waals surface area contributed by atoms with Crippen molar-refractivity contribution >= 4 is 0 Å². The monoisotopic (exact) mass is 246 g/mol. The van der Waals surface area contributed by atoms with Crippen LogP contribution in [-0.4, -0.2) is 38.1 Å². The number of nitrogens with zero attached hydrogens (tertiary/aromatic N) is 1. The Bertz CT molecular complexity index is 336. The molecule has 2 nitrogen and oxygen atoms in total. The lowest BCUT2D eigenvalue weighted by Gasteiger charge is -2.30. The fraction of sp³-hybridized carbons (Fsp3) is 0.625. The van der Waals surface area contributed by atoms with Crippen molar-refractivity contribution in [1.82, 2.24) is 10.2 Å². The van der Waals surface area contributed by atoms with E-state index < -0.39 is 0 Å². The summed E-state index contributed by atoms with van der Waals surface area (Å²) in [6.45, 7) is 7.09. The smallest absolute Gasteiger partial charge is 0.00187 e. The van der Waals surface area contributed by atoms with E-state index >= 15 is 0 Å². The number of piperidine rings is 1. The predicted molar refractivity (Wildman–Crippen MR) is 77.9 cm³/mol. The Labute approximate surface area is 111 Å². The van der Waals surface area contributed by atoms with Crippen molar-refractivity contribution in [3.05, 3.63) is 35.9 Å². The van der Waals surface area contributed by atoms with Gasteiger partial charge in [-0.25, -0.2) is 0 Å². The molecule has 1 aliphatic rings. The molecule has 1 N–H and O–H groups in total. The van der Waals surface area contributed by atoms with Gasteiger partial charge in [0, 0.05) is 13.1 Å². The summed E-state index contributed by atoms with van der Waals surface area (Å²) < 4.78 is 0. The lowest BCUT2D eigenvalue weighted by molar-refractivity contribution is 0.206. The van der Waals surface area contributed by atoms with E-state index in [1.165, 1.54) is 38.0 Å². The largest absolute Gasteiger partial charge is 0.316 e. The third-order valence-electron chi connectivity index (χ3n) is 3.97. The van der Waals surface area contributed by atoms with Crippen LogP contribution in [0.25, 0.3) is 0 Å². The van der Waals surface area contributed by atoms with Crippen molar-refractivity contribution in [1.29, 1.82) is 0 Å². The van der Waals surface area contributed by atoms with Crippen LogP contribution in [0.15, 0.2) is 30.3 Å². The highest BCUT2D eigenvalue weighted by Gasteiger charge is 2.16. The van der Waals surface area contributed by atoms with Crippen molar-refractivity contribution in [2.24, 2.45) is 5.92 Å². The molecule has 1 fully saturated rings. The zero-order valence-corrected chi connectivity index (χ0v) is 11.7. The van der Waals surface area contributed by atoms with E-state index in [0.717, 1.165) is 12.5 Å². The van der Waals surface area contributed by atoms with Crippen molar-refractivity contribution in [3.8, 4) is 0 Å². The van der Waals surface area contributed by atoms with Crippen LogP contribution >= 0.6 is 0 Å². The quantitative estimate of drug-likeness (QED) is 0.859. The molecule has 100 valence electrons. The first-order valence-electron chi connectivity index (χ1n) is 7.20. The predicted octanol–water partition coefficient (Wildman–Crippen LogP) is 2.72. The van der Waals surface area contributed by atoms with Crippen LogP contribution in [0.1, 0.15) is 31.2 Å². The van der Waals surface area contributed by atoms with Gasteiger partial charge in [0.15, 0.2) is 0 Å². The minimum atomic E-state index is 0.604. The molecule has 0 aromatic heterocycles. The second-order valence-electron chi connectivity index (χ2n) is 5.74. The van der Waals surface area contributed by atoms with Gasteiger partial charge in [-0.2, -0.15) is 0 Å². The van der Waals surface area contributed by atoms with Gasteiger partial charge in [0.2, 0.25) is 0 Å². The molecule has 0 bridgehead atoms. The first-order chi connectivity index (χ1) is 8.75. The maximum absolute atomic E-state index is 3.65. The van der Waals surface area contributed by atoms with E-state index in [9.17, 15) is 0 Å². The molecule has 0 unspecified atom stereocenters. The van der Waals surface area contributed by atoms with Gasteiger partial charge in [-0.15, -0.1) is 0 Å². The van der Waals surface area contributed by atoms with Crippen molar-refractivity contribution < 1.29 is 0 Å². The zero-order valence-electron chi connectivity index (χ0n) is 11.7. The second kappa shape index (κ2) is 6.91. The van der Waals surface area contributed by atoms with Crippen LogP contribution in [-0.2, 0) is 0 Å². The summed E-state index contributed by atoms with van der Waals surface area (Å²) in [5.74, 6) is 1.44. The Balaban J connectivity index is 1.69. The second-order valence-corrected chi connectivity index (χ2v) is 5.74. The highest BCUT2D eigenvalue weighted by molar-refractivity contribution is 5.18. The Kier molecular flexibility index (Phi) is 5.21. The van der Waals surface area contributed by atoms with Crippen LogP contribution in [0, 0.1) is 5.92 Å². The standard InChI is InChI=1S/C16H26N2/c1-14(16-8-4-3-5-9-16)11-17-12-15-7-6-10-18(2)13-15/h3-5,8-9,14-15,17H,6-7,10-13H2,1-2H3/t14-,15-/m1/s1. The molecular formula is C16H26N2. The molecule has 0 aliphatic carbocycles.